The molecule has 2 aromatic rings. The monoisotopic (exact) mass is 294 g/mol. The lowest BCUT2D eigenvalue weighted by Gasteiger charge is -2.03. The molecule has 0 saturated heterocycles. The average Bonchev–Trinajstić information content (AvgIpc) is 2.43. The zero-order valence-corrected chi connectivity index (χ0v) is 11.2. The number of amides is 2. The highest BCUT2D eigenvalue weighted by Crippen LogP contribution is 2.10. The number of nitrogens with one attached hydrogen (secondary N) is 1. The van der Waals surface area contributed by atoms with Crippen molar-refractivity contribution < 1.29 is 14.7 Å². The standard InChI is InChI=1S/C12H11ClN4O3/c1-20-11-4-2-3-10(15-11)16-12(18)14-8-5-6-17(19)9(13)7-8/h2-7,19H,1H3,(H,15,16,18)/b14-8+. The molecule has 7 nitrogen and oxygen atoms in total. The maximum atomic E-state index is 11.7. The molecule has 0 unspecified atom stereocenters. The Morgan fingerprint density at radius 1 is 1.50 bits per heavy atom. The van der Waals surface area contributed by atoms with Gasteiger partial charge in [-0.25, -0.2) is 4.79 Å². The van der Waals surface area contributed by atoms with Crippen molar-refractivity contribution in [1.29, 1.82) is 0 Å². The van der Waals surface area contributed by atoms with E-state index in [0.29, 0.717) is 21.8 Å². The number of methoxy groups -OCH3 is 1. The summed E-state index contributed by atoms with van der Waals surface area (Å²) in [5, 5.41) is 12.0. The second-order valence-corrected chi connectivity index (χ2v) is 4.05. The lowest BCUT2D eigenvalue weighted by atomic mass is 10.4. The van der Waals surface area contributed by atoms with E-state index in [2.05, 4.69) is 15.3 Å². The molecule has 0 aromatic carbocycles. The number of aromatic nitrogens is 2. The van der Waals surface area contributed by atoms with Crippen molar-refractivity contribution in [2.75, 3.05) is 12.4 Å². The Labute approximate surface area is 119 Å². The highest BCUT2D eigenvalue weighted by atomic mass is 35.5. The third-order valence-corrected chi connectivity index (χ3v) is 2.55. The molecular formula is C12H11ClN4O3. The zero-order chi connectivity index (χ0) is 14.5. The van der Waals surface area contributed by atoms with E-state index in [1.54, 1.807) is 18.2 Å². The van der Waals surface area contributed by atoms with Crippen LogP contribution in [-0.2, 0) is 0 Å². The van der Waals surface area contributed by atoms with Crippen molar-refractivity contribution in [3.8, 4) is 5.88 Å². The van der Waals surface area contributed by atoms with E-state index in [4.69, 9.17) is 16.3 Å². The summed E-state index contributed by atoms with van der Waals surface area (Å²) in [6.45, 7) is 0. The van der Waals surface area contributed by atoms with Crippen molar-refractivity contribution in [3.63, 3.8) is 0 Å². The van der Waals surface area contributed by atoms with Crippen LogP contribution in [0.5, 0.6) is 5.88 Å². The molecule has 2 N–H and O–H groups in total. The number of pyridine rings is 2. The van der Waals surface area contributed by atoms with Crippen LogP contribution in [0.15, 0.2) is 41.5 Å². The van der Waals surface area contributed by atoms with Gasteiger partial charge in [0.2, 0.25) is 5.88 Å². The number of hydrogen-bond donors (Lipinski definition) is 2. The van der Waals surface area contributed by atoms with Gasteiger partial charge in [-0.3, -0.25) is 5.32 Å². The number of rotatable bonds is 2. The number of carbonyl (C=O) groups excluding carboxylic acids is 1. The van der Waals surface area contributed by atoms with Crippen LogP contribution in [0.1, 0.15) is 0 Å². The van der Waals surface area contributed by atoms with Crippen molar-refractivity contribution >= 4 is 23.4 Å². The van der Waals surface area contributed by atoms with Gasteiger partial charge in [0.25, 0.3) is 0 Å². The largest absolute Gasteiger partial charge is 0.481 e. The molecule has 0 radical (unpaired) electrons. The van der Waals surface area contributed by atoms with Crippen LogP contribution >= 0.6 is 11.6 Å². The molecule has 0 aliphatic carbocycles. The Morgan fingerprint density at radius 3 is 3.00 bits per heavy atom. The smallest absolute Gasteiger partial charge is 0.347 e. The number of hydrogen-bond acceptors (Lipinski definition) is 4. The summed E-state index contributed by atoms with van der Waals surface area (Å²) in [7, 11) is 1.48. The fourth-order valence-electron chi connectivity index (χ4n) is 1.38. The highest BCUT2D eigenvalue weighted by Gasteiger charge is 2.02. The lowest BCUT2D eigenvalue weighted by Crippen LogP contribution is -2.14. The zero-order valence-electron chi connectivity index (χ0n) is 10.4. The Morgan fingerprint density at radius 2 is 2.30 bits per heavy atom. The van der Waals surface area contributed by atoms with Gasteiger partial charge in [-0.05, 0) is 12.1 Å². The molecule has 0 aliphatic heterocycles. The van der Waals surface area contributed by atoms with E-state index in [1.807, 2.05) is 0 Å². The van der Waals surface area contributed by atoms with Gasteiger partial charge in [-0.2, -0.15) is 14.7 Å². The summed E-state index contributed by atoms with van der Waals surface area (Å²) in [4.78, 5) is 19.5. The molecule has 0 fully saturated rings. The van der Waals surface area contributed by atoms with Gasteiger partial charge < -0.3 is 9.94 Å². The predicted molar refractivity (Wildman–Crippen MR) is 72.0 cm³/mol. The average molecular weight is 295 g/mol. The SMILES string of the molecule is COc1cccc(NC(=O)/N=c2\ccn(O)c(Cl)c2)n1. The number of carbonyl (C=O) groups is 1. The van der Waals surface area contributed by atoms with E-state index >= 15 is 0 Å². The second kappa shape index (κ2) is 6.07. The van der Waals surface area contributed by atoms with E-state index in [9.17, 15) is 10.0 Å². The molecule has 2 amide bonds. The van der Waals surface area contributed by atoms with Gasteiger partial charge in [0.05, 0.1) is 12.5 Å². The number of nitrogens with zero attached hydrogens (tertiary/aromatic N) is 3. The summed E-state index contributed by atoms with van der Waals surface area (Å²) in [5.74, 6) is 0.698. The van der Waals surface area contributed by atoms with Crippen LogP contribution in [0.4, 0.5) is 10.6 Å². The number of anilines is 1. The molecule has 0 saturated carbocycles. The first kappa shape index (κ1) is 13.9. The second-order valence-electron chi connectivity index (χ2n) is 3.66. The van der Waals surface area contributed by atoms with Crippen molar-refractivity contribution in [2.24, 2.45) is 4.99 Å². The maximum absolute atomic E-state index is 11.7. The summed E-state index contributed by atoms with van der Waals surface area (Å²) in [6, 6.07) is 7.12. The Kier molecular flexibility index (Phi) is 4.21. The van der Waals surface area contributed by atoms with Crippen LogP contribution in [0, 0.1) is 0 Å². The summed E-state index contributed by atoms with van der Waals surface area (Å²) < 4.78 is 5.65. The Hall–Kier alpha value is -2.54. The maximum Gasteiger partial charge on any atom is 0.347 e. The van der Waals surface area contributed by atoms with Crippen molar-refractivity contribution in [2.45, 2.75) is 0 Å². The molecule has 2 heterocycles. The first-order valence-electron chi connectivity index (χ1n) is 5.53. The third-order valence-electron chi connectivity index (χ3n) is 2.27. The first-order chi connectivity index (χ1) is 9.58. The normalized spacial score (nSPS) is 11.2. The first-order valence-corrected chi connectivity index (χ1v) is 5.90. The van der Waals surface area contributed by atoms with Crippen LogP contribution in [0.2, 0.25) is 5.15 Å². The fraction of sp³-hybridized carbons (Fsp3) is 0.0833. The van der Waals surface area contributed by atoms with E-state index in [0.717, 1.165) is 0 Å². The molecule has 0 aliphatic rings. The molecule has 0 bridgehead atoms. The van der Waals surface area contributed by atoms with Crippen molar-refractivity contribution in [1.82, 2.24) is 9.71 Å². The van der Waals surface area contributed by atoms with Crippen LogP contribution in [0.25, 0.3) is 0 Å². The van der Waals surface area contributed by atoms with E-state index in [-0.39, 0.29) is 5.15 Å². The highest BCUT2D eigenvalue weighted by molar-refractivity contribution is 6.29. The molecule has 104 valence electrons. The Balaban J connectivity index is 2.17. The van der Waals surface area contributed by atoms with E-state index in [1.165, 1.54) is 25.4 Å². The van der Waals surface area contributed by atoms with Gasteiger partial charge in [0.15, 0.2) is 0 Å². The summed E-state index contributed by atoms with van der Waals surface area (Å²) in [5.41, 5.74) is 0. The quantitative estimate of drug-likeness (QED) is 0.654. The topological polar surface area (TPSA) is 88.7 Å². The molecule has 2 rings (SSSR count). The van der Waals surface area contributed by atoms with Crippen molar-refractivity contribution in [3.05, 3.63) is 47.0 Å². The van der Waals surface area contributed by atoms with Crippen LogP contribution in [0.3, 0.4) is 0 Å². The van der Waals surface area contributed by atoms with Gasteiger partial charge in [-0.1, -0.05) is 17.7 Å². The van der Waals surface area contributed by atoms with Gasteiger partial charge in [0.1, 0.15) is 11.0 Å². The van der Waals surface area contributed by atoms with Crippen LogP contribution < -0.4 is 15.4 Å². The van der Waals surface area contributed by atoms with Crippen LogP contribution in [-0.4, -0.2) is 28.1 Å². The molecule has 2 aromatic heterocycles. The summed E-state index contributed by atoms with van der Waals surface area (Å²) in [6.07, 6.45) is 1.28. The third kappa shape index (κ3) is 3.48. The number of halogens is 1. The molecule has 0 atom stereocenters. The molecule has 0 spiro atoms. The Bertz CT molecular complexity index is 699. The van der Waals surface area contributed by atoms with Gasteiger partial charge >= 0.3 is 6.03 Å². The molecular weight excluding hydrogens is 284 g/mol. The van der Waals surface area contributed by atoms with Gasteiger partial charge in [0, 0.05) is 18.3 Å². The minimum atomic E-state index is -0.613. The summed E-state index contributed by atoms with van der Waals surface area (Å²) >= 11 is 5.69. The number of ether oxygens (including phenoxy) is 1. The molecule has 20 heavy (non-hydrogen) atoms. The minimum absolute atomic E-state index is 0.0403. The van der Waals surface area contributed by atoms with E-state index < -0.39 is 6.03 Å². The lowest BCUT2D eigenvalue weighted by molar-refractivity contribution is 0.185. The van der Waals surface area contributed by atoms with Gasteiger partial charge in [-0.15, -0.1) is 0 Å². The number of urea groups is 1. The predicted octanol–water partition coefficient (Wildman–Crippen LogP) is 1.92. The minimum Gasteiger partial charge on any atom is -0.481 e. The molecule has 8 heteroatoms. The fourth-order valence-corrected chi connectivity index (χ4v) is 1.55.